The highest BCUT2D eigenvalue weighted by Gasteiger charge is 2.14. The highest BCUT2D eigenvalue weighted by Crippen LogP contribution is 2.15. The van der Waals surface area contributed by atoms with Crippen LogP contribution in [0.5, 0.6) is 5.75 Å². The van der Waals surface area contributed by atoms with Crippen LogP contribution >= 0.6 is 0 Å². The molecular formula is C14H11N3O4. The smallest absolute Gasteiger partial charge is 0.343 e. The molecule has 0 bridgehead atoms. The number of fused-ring (bicyclic) bond motifs is 1. The standard InChI is InChI=1S/C14H11N3O4/c1-21-10-4-2-9(3-5-10)16-7-6-12-15-8-11(14(19)20)13(18)17(12)16/h2-8H,1H3,(H,19,20). The number of aromatic nitrogens is 3. The fourth-order valence-corrected chi connectivity index (χ4v) is 2.07. The molecule has 21 heavy (non-hydrogen) atoms. The van der Waals surface area contributed by atoms with Crippen LogP contribution in [0.2, 0.25) is 0 Å². The molecule has 0 aliphatic carbocycles. The molecule has 0 amide bonds. The summed E-state index contributed by atoms with van der Waals surface area (Å²) in [6.45, 7) is 0. The summed E-state index contributed by atoms with van der Waals surface area (Å²) in [5.74, 6) is -0.615. The molecule has 1 aromatic carbocycles. The first-order valence-corrected chi connectivity index (χ1v) is 6.09. The Morgan fingerprint density at radius 3 is 2.57 bits per heavy atom. The SMILES string of the molecule is COc1ccc(-n2ccc3ncc(C(=O)O)c(=O)n32)cc1. The number of aromatic carboxylic acids is 1. The molecule has 2 aromatic heterocycles. The highest BCUT2D eigenvalue weighted by atomic mass is 16.5. The van der Waals surface area contributed by atoms with Crippen LogP contribution in [0.4, 0.5) is 0 Å². The van der Waals surface area contributed by atoms with Gasteiger partial charge in [0.05, 0.1) is 12.8 Å². The summed E-state index contributed by atoms with van der Waals surface area (Å²) < 4.78 is 7.83. The zero-order valence-electron chi connectivity index (χ0n) is 11.1. The van der Waals surface area contributed by atoms with Gasteiger partial charge in [-0.2, -0.15) is 4.52 Å². The molecule has 1 N–H and O–H groups in total. The molecule has 0 radical (unpaired) electrons. The third-order valence-electron chi connectivity index (χ3n) is 3.11. The lowest BCUT2D eigenvalue weighted by molar-refractivity contribution is 0.0694. The number of carboxylic acid groups (broad SMARTS) is 1. The van der Waals surface area contributed by atoms with E-state index in [0.29, 0.717) is 17.1 Å². The van der Waals surface area contributed by atoms with E-state index in [0.717, 1.165) is 6.20 Å². The van der Waals surface area contributed by atoms with Crippen LogP contribution in [0.25, 0.3) is 11.3 Å². The fraction of sp³-hybridized carbons (Fsp3) is 0.0714. The molecule has 0 fully saturated rings. The van der Waals surface area contributed by atoms with Crippen molar-refractivity contribution in [1.82, 2.24) is 14.2 Å². The quantitative estimate of drug-likeness (QED) is 0.781. The van der Waals surface area contributed by atoms with E-state index in [1.54, 1.807) is 43.6 Å². The summed E-state index contributed by atoms with van der Waals surface area (Å²) in [6, 6.07) is 8.66. The van der Waals surface area contributed by atoms with E-state index in [4.69, 9.17) is 9.84 Å². The van der Waals surface area contributed by atoms with Crippen LogP contribution < -0.4 is 10.3 Å². The maximum Gasteiger partial charge on any atom is 0.343 e. The Kier molecular flexibility index (Phi) is 2.94. The summed E-state index contributed by atoms with van der Waals surface area (Å²) in [5, 5.41) is 9.01. The van der Waals surface area contributed by atoms with Crippen LogP contribution in [0, 0.1) is 0 Å². The lowest BCUT2D eigenvalue weighted by Gasteiger charge is -2.07. The van der Waals surface area contributed by atoms with E-state index in [1.807, 2.05) is 0 Å². The number of rotatable bonds is 3. The number of methoxy groups -OCH3 is 1. The van der Waals surface area contributed by atoms with Crippen LogP contribution in [0.15, 0.2) is 47.5 Å². The van der Waals surface area contributed by atoms with E-state index < -0.39 is 11.5 Å². The Balaban J connectivity index is 2.25. The van der Waals surface area contributed by atoms with Gasteiger partial charge in [0.2, 0.25) is 0 Å². The van der Waals surface area contributed by atoms with Crippen LogP contribution in [-0.2, 0) is 0 Å². The molecule has 0 unspecified atom stereocenters. The molecule has 7 nitrogen and oxygen atoms in total. The van der Waals surface area contributed by atoms with Crippen molar-refractivity contribution in [1.29, 1.82) is 0 Å². The Bertz CT molecular complexity index is 877. The maximum atomic E-state index is 12.2. The van der Waals surface area contributed by atoms with E-state index in [9.17, 15) is 9.59 Å². The van der Waals surface area contributed by atoms with Gasteiger partial charge in [-0.1, -0.05) is 0 Å². The molecule has 0 spiro atoms. The lowest BCUT2D eigenvalue weighted by atomic mass is 10.3. The Morgan fingerprint density at radius 2 is 1.95 bits per heavy atom. The van der Waals surface area contributed by atoms with Crippen molar-refractivity contribution >= 4 is 11.6 Å². The predicted molar refractivity (Wildman–Crippen MR) is 74.3 cm³/mol. The Hall–Kier alpha value is -3.09. The van der Waals surface area contributed by atoms with E-state index in [-0.39, 0.29) is 5.56 Å². The van der Waals surface area contributed by atoms with Gasteiger partial charge in [0.1, 0.15) is 11.3 Å². The first-order valence-electron chi connectivity index (χ1n) is 6.09. The van der Waals surface area contributed by atoms with Crippen molar-refractivity contribution in [2.24, 2.45) is 0 Å². The molecule has 0 saturated carbocycles. The molecule has 7 heteroatoms. The molecule has 106 valence electrons. The summed E-state index contributed by atoms with van der Waals surface area (Å²) in [4.78, 5) is 27.3. The number of hydrogen-bond donors (Lipinski definition) is 1. The van der Waals surface area contributed by atoms with Crippen molar-refractivity contribution in [2.75, 3.05) is 7.11 Å². The summed E-state index contributed by atoms with van der Waals surface area (Å²) in [6.07, 6.45) is 2.72. The van der Waals surface area contributed by atoms with Gasteiger partial charge in [-0.3, -0.25) is 9.48 Å². The first kappa shape index (κ1) is 12.9. The molecule has 3 rings (SSSR count). The summed E-state index contributed by atoms with van der Waals surface area (Å²) >= 11 is 0. The number of ether oxygens (including phenoxy) is 1. The van der Waals surface area contributed by atoms with E-state index in [1.165, 1.54) is 9.20 Å². The van der Waals surface area contributed by atoms with Gasteiger partial charge in [0.25, 0.3) is 5.56 Å². The lowest BCUT2D eigenvalue weighted by Crippen LogP contribution is -2.26. The van der Waals surface area contributed by atoms with Crippen molar-refractivity contribution < 1.29 is 14.6 Å². The minimum absolute atomic E-state index is 0.374. The summed E-state index contributed by atoms with van der Waals surface area (Å²) in [5.41, 5.74) is 0.0623. The Labute approximate surface area is 118 Å². The average molecular weight is 285 g/mol. The Morgan fingerprint density at radius 1 is 1.24 bits per heavy atom. The van der Waals surface area contributed by atoms with Crippen LogP contribution in [-0.4, -0.2) is 32.4 Å². The van der Waals surface area contributed by atoms with Gasteiger partial charge in [-0.05, 0) is 24.3 Å². The maximum absolute atomic E-state index is 12.2. The minimum Gasteiger partial charge on any atom is -0.497 e. The summed E-state index contributed by atoms with van der Waals surface area (Å²) in [7, 11) is 1.56. The van der Waals surface area contributed by atoms with E-state index in [2.05, 4.69) is 4.98 Å². The van der Waals surface area contributed by atoms with Crippen molar-refractivity contribution in [3.8, 4) is 11.4 Å². The van der Waals surface area contributed by atoms with Gasteiger partial charge in [0, 0.05) is 18.5 Å². The monoisotopic (exact) mass is 285 g/mol. The second-order valence-electron chi connectivity index (χ2n) is 4.31. The molecule has 0 atom stereocenters. The normalized spacial score (nSPS) is 10.7. The average Bonchev–Trinajstić information content (AvgIpc) is 2.92. The second kappa shape index (κ2) is 4.78. The zero-order valence-corrected chi connectivity index (χ0v) is 11.1. The molecule has 3 aromatic rings. The number of benzene rings is 1. The molecular weight excluding hydrogens is 274 g/mol. The van der Waals surface area contributed by atoms with E-state index >= 15 is 0 Å². The zero-order chi connectivity index (χ0) is 15.0. The second-order valence-corrected chi connectivity index (χ2v) is 4.31. The van der Waals surface area contributed by atoms with Gasteiger partial charge >= 0.3 is 5.97 Å². The third-order valence-corrected chi connectivity index (χ3v) is 3.11. The number of hydrogen-bond acceptors (Lipinski definition) is 4. The minimum atomic E-state index is -1.30. The van der Waals surface area contributed by atoms with Crippen molar-refractivity contribution in [3.63, 3.8) is 0 Å². The van der Waals surface area contributed by atoms with Gasteiger partial charge in [-0.15, -0.1) is 0 Å². The predicted octanol–water partition coefficient (Wildman–Crippen LogP) is 1.19. The van der Waals surface area contributed by atoms with Gasteiger partial charge < -0.3 is 9.84 Å². The number of carbonyl (C=O) groups is 1. The van der Waals surface area contributed by atoms with Crippen molar-refractivity contribution in [2.45, 2.75) is 0 Å². The first-order chi connectivity index (χ1) is 10.1. The topological polar surface area (TPSA) is 85.8 Å². The van der Waals surface area contributed by atoms with Crippen molar-refractivity contribution in [3.05, 3.63) is 58.6 Å². The highest BCUT2D eigenvalue weighted by molar-refractivity contribution is 5.86. The molecule has 0 saturated heterocycles. The fourth-order valence-electron chi connectivity index (χ4n) is 2.07. The molecule has 0 aliphatic heterocycles. The molecule has 2 heterocycles. The van der Waals surface area contributed by atoms with Crippen LogP contribution in [0.1, 0.15) is 10.4 Å². The van der Waals surface area contributed by atoms with Crippen LogP contribution in [0.3, 0.4) is 0 Å². The molecule has 0 aliphatic rings. The number of carboxylic acids is 1. The largest absolute Gasteiger partial charge is 0.497 e. The third kappa shape index (κ3) is 2.04. The number of nitrogens with zero attached hydrogens (tertiary/aromatic N) is 3. The van der Waals surface area contributed by atoms with Gasteiger partial charge in [0.15, 0.2) is 5.65 Å². The van der Waals surface area contributed by atoms with Gasteiger partial charge in [-0.25, -0.2) is 9.78 Å².